The van der Waals surface area contributed by atoms with Gasteiger partial charge >= 0.3 is 0 Å². The number of rotatable bonds is 5. The van der Waals surface area contributed by atoms with Gasteiger partial charge in [-0.3, -0.25) is 4.79 Å². The summed E-state index contributed by atoms with van der Waals surface area (Å²) in [5.74, 6) is 1.45. The van der Waals surface area contributed by atoms with Gasteiger partial charge in [0, 0.05) is 13.1 Å². The molecule has 1 aliphatic heterocycles. The van der Waals surface area contributed by atoms with Crippen molar-refractivity contribution in [2.24, 2.45) is 0 Å². The molecular weight excluding hydrogens is 308 g/mol. The number of carbonyl (C=O) groups is 1. The van der Waals surface area contributed by atoms with Crippen LogP contribution in [0.2, 0.25) is 0 Å². The summed E-state index contributed by atoms with van der Waals surface area (Å²) in [6.07, 6.45) is 5.51. The Morgan fingerprint density at radius 1 is 1.12 bits per heavy atom. The van der Waals surface area contributed by atoms with Gasteiger partial charge in [0.2, 0.25) is 5.91 Å². The molecule has 1 fully saturated rings. The first-order valence-corrected chi connectivity index (χ1v) is 8.05. The zero-order valence-electron chi connectivity index (χ0n) is 14.0. The predicted molar refractivity (Wildman–Crippen MR) is 88.1 cm³/mol. The Balaban J connectivity index is 1.58. The van der Waals surface area contributed by atoms with E-state index in [0.29, 0.717) is 17.9 Å². The van der Waals surface area contributed by atoms with Crippen molar-refractivity contribution in [3.8, 4) is 11.5 Å². The first-order chi connectivity index (χ1) is 11.7. The summed E-state index contributed by atoms with van der Waals surface area (Å²) < 4.78 is 10.5. The molecule has 1 amide bonds. The average Bonchev–Trinajstić information content (AvgIpc) is 3.16. The smallest absolute Gasteiger partial charge is 0.226 e. The Kier molecular flexibility index (Phi) is 4.98. The fraction of sp³-hybridized carbons (Fsp3) is 0.471. The van der Waals surface area contributed by atoms with Gasteiger partial charge in [-0.25, -0.2) is 0 Å². The largest absolute Gasteiger partial charge is 0.493 e. The van der Waals surface area contributed by atoms with E-state index in [4.69, 9.17) is 9.47 Å². The van der Waals surface area contributed by atoms with Gasteiger partial charge in [-0.15, -0.1) is 0 Å². The van der Waals surface area contributed by atoms with Gasteiger partial charge in [-0.1, -0.05) is 6.07 Å². The molecule has 0 unspecified atom stereocenters. The minimum atomic E-state index is 0.133. The molecule has 7 heteroatoms. The molecule has 0 saturated carbocycles. The molecular formula is C17H22N4O3. The molecule has 0 bridgehead atoms. The average molecular weight is 330 g/mol. The van der Waals surface area contributed by atoms with E-state index in [1.807, 2.05) is 23.1 Å². The molecule has 3 rings (SSSR count). The third kappa shape index (κ3) is 3.50. The fourth-order valence-electron chi connectivity index (χ4n) is 3.04. The summed E-state index contributed by atoms with van der Waals surface area (Å²) in [5.41, 5.74) is 0.925. The maximum absolute atomic E-state index is 12.5. The summed E-state index contributed by atoms with van der Waals surface area (Å²) in [6, 6.07) is 5.87. The summed E-state index contributed by atoms with van der Waals surface area (Å²) in [4.78, 5) is 16.2. The lowest BCUT2D eigenvalue weighted by molar-refractivity contribution is -0.131. The Bertz CT molecular complexity index is 679. The van der Waals surface area contributed by atoms with Gasteiger partial charge < -0.3 is 14.4 Å². The molecule has 0 N–H and O–H groups in total. The van der Waals surface area contributed by atoms with Crippen LogP contribution >= 0.6 is 0 Å². The molecule has 1 saturated heterocycles. The number of piperidine rings is 1. The highest BCUT2D eigenvalue weighted by atomic mass is 16.5. The number of ether oxygens (including phenoxy) is 2. The van der Waals surface area contributed by atoms with Crippen LogP contribution in [0.15, 0.2) is 30.6 Å². The van der Waals surface area contributed by atoms with Gasteiger partial charge in [0.1, 0.15) is 0 Å². The zero-order valence-corrected chi connectivity index (χ0v) is 14.0. The van der Waals surface area contributed by atoms with Crippen molar-refractivity contribution in [3.05, 3.63) is 36.2 Å². The summed E-state index contributed by atoms with van der Waals surface area (Å²) in [7, 11) is 3.19. The summed E-state index contributed by atoms with van der Waals surface area (Å²) in [6.45, 7) is 1.47. The van der Waals surface area contributed by atoms with Crippen LogP contribution in [0.5, 0.6) is 11.5 Å². The van der Waals surface area contributed by atoms with Crippen LogP contribution in [0.4, 0.5) is 0 Å². The molecule has 0 radical (unpaired) electrons. The van der Waals surface area contributed by atoms with Crippen molar-refractivity contribution in [2.45, 2.75) is 25.3 Å². The topological polar surface area (TPSA) is 69.5 Å². The van der Waals surface area contributed by atoms with Crippen LogP contribution < -0.4 is 9.47 Å². The fourth-order valence-corrected chi connectivity index (χ4v) is 3.04. The molecule has 1 aliphatic rings. The number of benzene rings is 1. The zero-order chi connectivity index (χ0) is 16.9. The number of hydrogen-bond acceptors (Lipinski definition) is 5. The molecule has 2 aromatic rings. The number of methoxy groups -OCH3 is 2. The highest BCUT2D eigenvalue weighted by Gasteiger charge is 2.24. The Hall–Kier alpha value is -2.57. The Morgan fingerprint density at radius 3 is 2.42 bits per heavy atom. The van der Waals surface area contributed by atoms with Gasteiger partial charge in [-0.2, -0.15) is 15.0 Å². The maximum Gasteiger partial charge on any atom is 0.226 e. The summed E-state index contributed by atoms with van der Waals surface area (Å²) in [5, 5.41) is 8.38. The summed E-state index contributed by atoms with van der Waals surface area (Å²) >= 11 is 0. The van der Waals surface area contributed by atoms with Crippen LogP contribution in [0, 0.1) is 0 Å². The molecule has 1 aromatic heterocycles. The van der Waals surface area contributed by atoms with Gasteiger partial charge in [-0.05, 0) is 30.5 Å². The minimum absolute atomic E-state index is 0.133. The van der Waals surface area contributed by atoms with E-state index < -0.39 is 0 Å². The first-order valence-electron chi connectivity index (χ1n) is 8.05. The number of likely N-dealkylation sites (tertiary alicyclic amines) is 1. The molecule has 0 atom stereocenters. The number of amides is 1. The van der Waals surface area contributed by atoms with Crippen LogP contribution in [-0.2, 0) is 11.2 Å². The minimum Gasteiger partial charge on any atom is -0.493 e. The van der Waals surface area contributed by atoms with Crippen molar-refractivity contribution in [3.63, 3.8) is 0 Å². The SMILES string of the molecule is COc1ccc(CC(=O)N2CCC(n3nccn3)CC2)cc1OC. The highest BCUT2D eigenvalue weighted by molar-refractivity contribution is 5.79. The quantitative estimate of drug-likeness (QED) is 0.834. The van der Waals surface area contributed by atoms with E-state index in [9.17, 15) is 4.79 Å². The van der Waals surface area contributed by atoms with Crippen LogP contribution in [0.3, 0.4) is 0 Å². The van der Waals surface area contributed by atoms with E-state index in [0.717, 1.165) is 31.5 Å². The third-order valence-electron chi connectivity index (χ3n) is 4.38. The lowest BCUT2D eigenvalue weighted by atomic mass is 10.0. The molecule has 7 nitrogen and oxygen atoms in total. The second-order valence-corrected chi connectivity index (χ2v) is 5.83. The van der Waals surface area contributed by atoms with Crippen LogP contribution in [0.25, 0.3) is 0 Å². The first kappa shape index (κ1) is 16.3. The second kappa shape index (κ2) is 7.33. The van der Waals surface area contributed by atoms with E-state index in [-0.39, 0.29) is 11.9 Å². The van der Waals surface area contributed by atoms with E-state index in [1.54, 1.807) is 31.4 Å². The van der Waals surface area contributed by atoms with Gasteiger partial charge in [0.25, 0.3) is 0 Å². The van der Waals surface area contributed by atoms with Crippen molar-refractivity contribution in [2.75, 3.05) is 27.3 Å². The standard InChI is InChI=1S/C17H22N4O3/c1-23-15-4-3-13(11-16(15)24-2)12-17(22)20-9-5-14(6-10-20)21-18-7-8-19-21/h3-4,7-8,11,14H,5-6,9-10,12H2,1-2H3. The number of nitrogens with zero attached hydrogens (tertiary/aromatic N) is 4. The molecule has 0 aliphatic carbocycles. The van der Waals surface area contributed by atoms with Crippen molar-refractivity contribution < 1.29 is 14.3 Å². The second-order valence-electron chi connectivity index (χ2n) is 5.83. The van der Waals surface area contributed by atoms with E-state index >= 15 is 0 Å². The van der Waals surface area contributed by atoms with E-state index in [1.165, 1.54) is 0 Å². The number of aromatic nitrogens is 3. The normalized spacial score (nSPS) is 15.3. The molecule has 0 spiro atoms. The molecule has 128 valence electrons. The van der Waals surface area contributed by atoms with Crippen molar-refractivity contribution >= 4 is 5.91 Å². The van der Waals surface area contributed by atoms with Crippen LogP contribution in [0.1, 0.15) is 24.4 Å². The van der Waals surface area contributed by atoms with Crippen molar-refractivity contribution in [1.82, 2.24) is 19.9 Å². The maximum atomic E-state index is 12.5. The van der Waals surface area contributed by atoms with Gasteiger partial charge in [0.05, 0.1) is 39.1 Å². The molecule has 24 heavy (non-hydrogen) atoms. The lowest BCUT2D eigenvalue weighted by Crippen LogP contribution is -2.40. The monoisotopic (exact) mass is 330 g/mol. The lowest BCUT2D eigenvalue weighted by Gasteiger charge is -2.31. The number of hydrogen-bond donors (Lipinski definition) is 0. The molecule has 2 heterocycles. The van der Waals surface area contributed by atoms with Crippen LogP contribution in [-0.4, -0.2) is 53.1 Å². The van der Waals surface area contributed by atoms with E-state index in [2.05, 4.69) is 10.2 Å². The van der Waals surface area contributed by atoms with Crippen molar-refractivity contribution in [1.29, 1.82) is 0 Å². The van der Waals surface area contributed by atoms with Gasteiger partial charge in [0.15, 0.2) is 11.5 Å². The highest BCUT2D eigenvalue weighted by Crippen LogP contribution is 2.28. The molecule has 1 aromatic carbocycles. The predicted octanol–water partition coefficient (Wildman–Crippen LogP) is 1.70. The Morgan fingerprint density at radius 2 is 1.79 bits per heavy atom. The third-order valence-corrected chi connectivity index (χ3v) is 4.38. The Labute approximate surface area is 141 Å². The number of carbonyl (C=O) groups excluding carboxylic acids is 1.